The number of ether oxygens (including phenoxy) is 1. The lowest BCUT2D eigenvalue weighted by atomic mass is 10.1. The van der Waals surface area contributed by atoms with E-state index in [4.69, 9.17) is 15.5 Å². The lowest BCUT2D eigenvalue weighted by Crippen LogP contribution is -2.39. The number of benzene rings is 1. The fourth-order valence-corrected chi connectivity index (χ4v) is 6.07. The number of imide groups is 1. The maximum Gasteiger partial charge on any atom is 0.318 e. The molecule has 0 saturated heterocycles. The molecule has 2 aromatic heterocycles. The molecule has 3 N–H and O–H groups in total. The summed E-state index contributed by atoms with van der Waals surface area (Å²) in [5, 5.41) is 2.45. The molecular weight excluding hydrogens is 448 g/mol. The zero-order chi connectivity index (χ0) is 22.8. The van der Waals surface area contributed by atoms with Crippen LogP contribution < -0.4 is 21.3 Å². The summed E-state index contributed by atoms with van der Waals surface area (Å²) in [5.74, 6) is 0.128. The van der Waals surface area contributed by atoms with Crippen molar-refractivity contribution in [2.45, 2.75) is 49.4 Å². The van der Waals surface area contributed by atoms with Gasteiger partial charge in [-0.3, -0.25) is 19.5 Å². The number of nitrogens with one attached hydrogen (secondary N) is 1. The second-order valence-corrected chi connectivity index (χ2v) is 9.98. The maximum absolute atomic E-state index is 13.8. The van der Waals surface area contributed by atoms with E-state index in [1.165, 1.54) is 4.88 Å². The average Bonchev–Trinajstić information content (AvgIpc) is 2.95. The molecule has 1 aliphatic carbocycles. The van der Waals surface area contributed by atoms with Crippen LogP contribution in [0.1, 0.15) is 36.6 Å². The van der Waals surface area contributed by atoms with Crippen molar-refractivity contribution in [2.24, 2.45) is 5.73 Å². The molecule has 8 nitrogen and oxygen atoms in total. The van der Waals surface area contributed by atoms with Crippen LogP contribution in [0, 0.1) is 0 Å². The van der Waals surface area contributed by atoms with Crippen molar-refractivity contribution in [2.75, 3.05) is 7.11 Å². The van der Waals surface area contributed by atoms with Crippen LogP contribution in [0.15, 0.2) is 34.2 Å². The number of hydrogen-bond donors (Lipinski definition) is 2. The molecule has 1 unspecified atom stereocenters. The third kappa shape index (κ3) is 4.37. The van der Waals surface area contributed by atoms with Crippen LogP contribution in [-0.2, 0) is 17.6 Å². The number of urea groups is 1. The number of rotatable bonds is 5. The number of nitrogens with zero attached hydrogens (tertiary/aromatic N) is 2. The van der Waals surface area contributed by atoms with Gasteiger partial charge in [-0.1, -0.05) is 18.2 Å². The number of aryl methyl sites for hydroxylation is 2. The number of thiophene rings is 1. The maximum atomic E-state index is 13.8. The quantitative estimate of drug-likeness (QED) is 0.334. The minimum absolute atomic E-state index is 0.149. The van der Waals surface area contributed by atoms with Crippen molar-refractivity contribution in [3.05, 3.63) is 45.1 Å². The molecule has 168 valence electrons. The van der Waals surface area contributed by atoms with E-state index in [1.807, 2.05) is 0 Å². The summed E-state index contributed by atoms with van der Waals surface area (Å²) in [7, 11) is 1.58. The van der Waals surface area contributed by atoms with E-state index in [-0.39, 0.29) is 5.56 Å². The van der Waals surface area contributed by atoms with Gasteiger partial charge in [0.1, 0.15) is 10.6 Å². The van der Waals surface area contributed by atoms with Gasteiger partial charge in [-0.25, -0.2) is 9.78 Å². The number of thioether (sulfide) groups is 1. The second-order valence-electron chi connectivity index (χ2n) is 7.59. The Morgan fingerprint density at radius 1 is 1.22 bits per heavy atom. The van der Waals surface area contributed by atoms with E-state index >= 15 is 0 Å². The number of methoxy groups -OCH3 is 1. The molecule has 1 aromatic carbocycles. The first kappa shape index (κ1) is 22.3. The summed E-state index contributed by atoms with van der Waals surface area (Å²) in [6.45, 7) is 1.64. The van der Waals surface area contributed by atoms with Crippen LogP contribution in [0.5, 0.6) is 5.75 Å². The Hall–Kier alpha value is -2.85. The molecule has 3 amide bonds. The van der Waals surface area contributed by atoms with Gasteiger partial charge in [0.15, 0.2) is 5.16 Å². The minimum Gasteiger partial charge on any atom is -0.497 e. The highest BCUT2D eigenvalue weighted by molar-refractivity contribution is 8.00. The van der Waals surface area contributed by atoms with Gasteiger partial charge in [0.2, 0.25) is 5.91 Å². The number of amides is 3. The Labute approximate surface area is 193 Å². The average molecular weight is 473 g/mol. The molecule has 0 radical (unpaired) electrons. The molecule has 1 aliphatic rings. The highest BCUT2D eigenvalue weighted by Crippen LogP contribution is 2.35. The normalized spacial score (nSPS) is 14.4. The van der Waals surface area contributed by atoms with Crippen LogP contribution in [0.3, 0.4) is 0 Å². The van der Waals surface area contributed by atoms with Crippen LogP contribution in [0.2, 0.25) is 0 Å². The first-order valence-corrected chi connectivity index (χ1v) is 12.1. The summed E-state index contributed by atoms with van der Waals surface area (Å²) in [6, 6.07) is 6.21. The second kappa shape index (κ2) is 9.33. The molecule has 0 saturated carbocycles. The van der Waals surface area contributed by atoms with Crippen molar-refractivity contribution in [1.82, 2.24) is 14.9 Å². The largest absolute Gasteiger partial charge is 0.497 e. The number of carbonyl (C=O) groups excluding carboxylic acids is 2. The third-order valence-electron chi connectivity index (χ3n) is 5.44. The Balaban J connectivity index is 1.87. The van der Waals surface area contributed by atoms with Gasteiger partial charge in [-0.15, -0.1) is 11.3 Å². The van der Waals surface area contributed by atoms with Gasteiger partial charge >= 0.3 is 6.03 Å². The predicted octanol–water partition coefficient (Wildman–Crippen LogP) is 3.40. The van der Waals surface area contributed by atoms with Gasteiger partial charge in [0, 0.05) is 4.88 Å². The van der Waals surface area contributed by atoms with E-state index in [0.717, 1.165) is 49.4 Å². The van der Waals surface area contributed by atoms with Crippen LogP contribution >= 0.6 is 23.1 Å². The van der Waals surface area contributed by atoms with Crippen molar-refractivity contribution in [1.29, 1.82) is 0 Å². The summed E-state index contributed by atoms with van der Waals surface area (Å²) in [4.78, 5) is 43.9. The topological polar surface area (TPSA) is 116 Å². The number of aromatic nitrogens is 2. The SMILES string of the molecule is COc1ccc(-n2c(SC(C)C(=O)NC(N)=O)nc3sc4c(c3c2=O)CCCCC4)cc1. The zero-order valence-electron chi connectivity index (χ0n) is 17.8. The molecule has 0 spiro atoms. The fourth-order valence-electron chi connectivity index (χ4n) is 3.84. The van der Waals surface area contributed by atoms with Crippen LogP contribution in [-0.4, -0.2) is 33.8 Å². The lowest BCUT2D eigenvalue weighted by molar-refractivity contribution is -0.119. The first-order chi connectivity index (χ1) is 15.4. The van der Waals surface area contributed by atoms with Crippen molar-refractivity contribution in [3.63, 3.8) is 0 Å². The van der Waals surface area contributed by atoms with Gasteiger partial charge in [0.25, 0.3) is 5.56 Å². The van der Waals surface area contributed by atoms with Crippen molar-refractivity contribution < 1.29 is 14.3 Å². The Morgan fingerprint density at radius 3 is 2.62 bits per heavy atom. The number of nitrogens with two attached hydrogens (primary N) is 1. The molecule has 10 heteroatoms. The van der Waals surface area contributed by atoms with Gasteiger partial charge in [-0.05, 0) is 62.4 Å². The van der Waals surface area contributed by atoms with E-state index in [1.54, 1.807) is 54.2 Å². The van der Waals surface area contributed by atoms with Crippen molar-refractivity contribution >= 4 is 45.3 Å². The molecule has 4 rings (SSSR count). The van der Waals surface area contributed by atoms with Gasteiger partial charge in [0.05, 0.1) is 23.4 Å². The van der Waals surface area contributed by atoms with E-state index < -0.39 is 17.2 Å². The smallest absolute Gasteiger partial charge is 0.318 e. The summed E-state index contributed by atoms with van der Waals surface area (Å²) in [6.07, 6.45) is 5.15. The third-order valence-corrected chi connectivity index (χ3v) is 7.67. The lowest BCUT2D eigenvalue weighted by Gasteiger charge is -2.15. The number of carbonyl (C=O) groups is 2. The monoisotopic (exact) mass is 472 g/mol. The van der Waals surface area contributed by atoms with E-state index in [9.17, 15) is 14.4 Å². The summed E-state index contributed by atoms with van der Waals surface area (Å²) in [5.41, 5.74) is 6.67. The van der Waals surface area contributed by atoms with Crippen molar-refractivity contribution in [3.8, 4) is 11.4 Å². The molecule has 0 aliphatic heterocycles. The number of fused-ring (bicyclic) bond motifs is 3. The highest BCUT2D eigenvalue weighted by Gasteiger charge is 2.25. The summed E-state index contributed by atoms with van der Waals surface area (Å²) >= 11 is 2.68. The molecule has 0 fully saturated rings. The Morgan fingerprint density at radius 2 is 1.94 bits per heavy atom. The Bertz CT molecular complexity index is 1230. The fraction of sp³-hybridized carbons (Fsp3) is 0.364. The molecule has 32 heavy (non-hydrogen) atoms. The van der Waals surface area contributed by atoms with Gasteiger partial charge < -0.3 is 10.5 Å². The van der Waals surface area contributed by atoms with Crippen LogP contribution in [0.25, 0.3) is 15.9 Å². The predicted molar refractivity (Wildman–Crippen MR) is 126 cm³/mol. The van der Waals surface area contributed by atoms with E-state index in [2.05, 4.69) is 5.32 Å². The first-order valence-electron chi connectivity index (χ1n) is 10.4. The standard InChI is InChI=1S/C22H24N4O4S2/c1-12(18(27)24-21(23)29)31-22-25-19-17(15-6-4-3-5-7-16(15)32-19)20(28)26(22)13-8-10-14(30-2)11-9-13/h8-12H,3-7H2,1-2H3,(H3,23,24,27,29). The van der Waals surface area contributed by atoms with Gasteiger partial charge in [-0.2, -0.15) is 0 Å². The Kier molecular flexibility index (Phi) is 6.52. The van der Waals surface area contributed by atoms with Crippen LogP contribution in [0.4, 0.5) is 4.79 Å². The minimum atomic E-state index is -0.916. The van der Waals surface area contributed by atoms with E-state index in [0.29, 0.717) is 26.8 Å². The molecular formula is C22H24N4O4S2. The highest BCUT2D eigenvalue weighted by atomic mass is 32.2. The number of hydrogen-bond acceptors (Lipinski definition) is 7. The zero-order valence-corrected chi connectivity index (χ0v) is 19.5. The molecule has 2 heterocycles. The molecule has 0 bridgehead atoms. The molecule has 3 aromatic rings. The number of primary amides is 1. The molecule has 1 atom stereocenters. The summed E-state index contributed by atoms with van der Waals surface area (Å²) < 4.78 is 6.78.